The number of ether oxygens (including phenoxy) is 1. The number of pyridine rings is 1. The van der Waals surface area contributed by atoms with Gasteiger partial charge in [0.1, 0.15) is 17.6 Å². The Morgan fingerprint density at radius 1 is 1.06 bits per heavy atom. The van der Waals surface area contributed by atoms with E-state index in [-0.39, 0.29) is 17.8 Å². The molecule has 0 unspecified atom stereocenters. The zero-order valence-electron chi connectivity index (χ0n) is 19.4. The third-order valence-electron chi connectivity index (χ3n) is 5.50. The van der Waals surface area contributed by atoms with Crippen molar-refractivity contribution in [1.29, 1.82) is 0 Å². The number of aromatic nitrogens is 3. The van der Waals surface area contributed by atoms with E-state index >= 15 is 0 Å². The summed E-state index contributed by atoms with van der Waals surface area (Å²) in [5, 5.41) is 0. The van der Waals surface area contributed by atoms with Crippen molar-refractivity contribution in [1.82, 2.24) is 19.9 Å². The van der Waals surface area contributed by atoms with Crippen molar-refractivity contribution in [2.45, 2.75) is 26.4 Å². The zero-order valence-corrected chi connectivity index (χ0v) is 19.4. The number of carbonyl (C=O) groups is 1. The number of rotatable bonds is 5. The molecule has 1 saturated heterocycles. The van der Waals surface area contributed by atoms with E-state index in [1.807, 2.05) is 40.1 Å². The van der Waals surface area contributed by atoms with E-state index in [2.05, 4.69) is 15.0 Å². The molecular weight excluding hydrogens is 421 g/mol. The summed E-state index contributed by atoms with van der Waals surface area (Å²) in [6.45, 7) is 5.10. The second-order valence-corrected chi connectivity index (χ2v) is 8.54. The van der Waals surface area contributed by atoms with Gasteiger partial charge >= 0.3 is 0 Å². The SMILES string of the molecule is Cc1cc(Cc2ccc(F)cc2)cc([C@H]2CN(C(=O)c3cc(C)nc(N(C)C)n3)CCO2)n1. The smallest absolute Gasteiger partial charge is 0.272 e. The molecule has 1 amide bonds. The summed E-state index contributed by atoms with van der Waals surface area (Å²) in [5.74, 6) is 0.118. The van der Waals surface area contributed by atoms with Gasteiger partial charge in [-0.1, -0.05) is 12.1 Å². The molecule has 0 bridgehead atoms. The summed E-state index contributed by atoms with van der Waals surface area (Å²) in [5.41, 5.74) is 4.87. The van der Waals surface area contributed by atoms with E-state index in [1.54, 1.807) is 28.0 Å². The van der Waals surface area contributed by atoms with E-state index in [4.69, 9.17) is 4.74 Å². The lowest BCUT2D eigenvalue weighted by molar-refractivity contribution is -0.0250. The van der Waals surface area contributed by atoms with Crippen molar-refractivity contribution in [2.75, 3.05) is 38.7 Å². The Bertz CT molecular complexity index is 1150. The minimum absolute atomic E-state index is 0.143. The third-order valence-corrected chi connectivity index (χ3v) is 5.50. The number of hydrogen-bond donors (Lipinski definition) is 0. The first-order valence-electron chi connectivity index (χ1n) is 10.9. The zero-order chi connectivity index (χ0) is 23.5. The highest BCUT2D eigenvalue weighted by molar-refractivity contribution is 5.92. The largest absolute Gasteiger partial charge is 0.368 e. The van der Waals surface area contributed by atoms with Gasteiger partial charge in [-0.2, -0.15) is 0 Å². The third kappa shape index (κ3) is 5.51. The quantitative estimate of drug-likeness (QED) is 0.594. The normalized spacial score (nSPS) is 16.0. The summed E-state index contributed by atoms with van der Waals surface area (Å²) in [7, 11) is 3.70. The van der Waals surface area contributed by atoms with Crippen LogP contribution in [-0.4, -0.2) is 59.6 Å². The first-order valence-corrected chi connectivity index (χ1v) is 10.9. The van der Waals surface area contributed by atoms with E-state index in [9.17, 15) is 9.18 Å². The summed E-state index contributed by atoms with van der Waals surface area (Å²) in [6, 6.07) is 12.2. The van der Waals surface area contributed by atoms with Crippen LogP contribution in [0.2, 0.25) is 0 Å². The van der Waals surface area contributed by atoms with E-state index < -0.39 is 0 Å². The molecule has 2 aromatic heterocycles. The predicted molar refractivity (Wildman–Crippen MR) is 124 cm³/mol. The maximum atomic E-state index is 13.2. The highest BCUT2D eigenvalue weighted by Crippen LogP contribution is 2.24. The molecular formula is C25H28FN5O2. The Hall–Kier alpha value is -3.39. The van der Waals surface area contributed by atoms with Crippen molar-refractivity contribution < 1.29 is 13.9 Å². The van der Waals surface area contributed by atoms with Gasteiger partial charge in [0, 0.05) is 32.0 Å². The highest BCUT2D eigenvalue weighted by atomic mass is 19.1. The van der Waals surface area contributed by atoms with Crippen LogP contribution in [0.25, 0.3) is 0 Å². The number of anilines is 1. The van der Waals surface area contributed by atoms with E-state index in [0.717, 1.165) is 28.2 Å². The summed E-state index contributed by atoms with van der Waals surface area (Å²) < 4.78 is 19.2. The molecule has 0 spiro atoms. The van der Waals surface area contributed by atoms with Gasteiger partial charge in [-0.15, -0.1) is 0 Å². The predicted octanol–water partition coefficient (Wildman–Crippen LogP) is 3.50. The fourth-order valence-corrected chi connectivity index (χ4v) is 3.91. The van der Waals surface area contributed by atoms with Crippen molar-refractivity contribution >= 4 is 11.9 Å². The number of halogens is 1. The van der Waals surface area contributed by atoms with Crippen LogP contribution in [-0.2, 0) is 11.2 Å². The minimum atomic E-state index is -0.328. The fraction of sp³-hybridized carbons (Fsp3) is 0.360. The molecule has 1 fully saturated rings. The molecule has 0 radical (unpaired) electrons. The molecule has 0 aliphatic carbocycles. The summed E-state index contributed by atoms with van der Waals surface area (Å²) in [4.78, 5) is 30.2. The molecule has 0 saturated carbocycles. The van der Waals surface area contributed by atoms with Crippen molar-refractivity contribution in [2.24, 2.45) is 0 Å². The van der Waals surface area contributed by atoms with Crippen LogP contribution >= 0.6 is 0 Å². The lowest BCUT2D eigenvalue weighted by atomic mass is 10.0. The molecule has 172 valence electrons. The van der Waals surface area contributed by atoms with Gasteiger partial charge in [0.25, 0.3) is 5.91 Å². The highest BCUT2D eigenvalue weighted by Gasteiger charge is 2.28. The van der Waals surface area contributed by atoms with Gasteiger partial charge in [-0.3, -0.25) is 9.78 Å². The molecule has 1 aromatic carbocycles. The fourth-order valence-electron chi connectivity index (χ4n) is 3.91. The van der Waals surface area contributed by atoms with Gasteiger partial charge in [0.05, 0.1) is 18.8 Å². The number of nitrogens with zero attached hydrogens (tertiary/aromatic N) is 5. The van der Waals surface area contributed by atoms with Crippen molar-refractivity contribution in [3.8, 4) is 0 Å². The van der Waals surface area contributed by atoms with Gasteiger partial charge in [0.2, 0.25) is 5.95 Å². The van der Waals surface area contributed by atoms with Crippen LogP contribution in [0.5, 0.6) is 0 Å². The van der Waals surface area contributed by atoms with Crippen LogP contribution in [0.4, 0.5) is 10.3 Å². The first kappa shape index (κ1) is 22.8. The Labute approximate surface area is 193 Å². The number of hydrogen-bond acceptors (Lipinski definition) is 6. The molecule has 3 aromatic rings. The van der Waals surface area contributed by atoms with E-state index in [1.165, 1.54) is 12.1 Å². The number of amides is 1. The molecule has 1 aliphatic rings. The molecule has 33 heavy (non-hydrogen) atoms. The average Bonchev–Trinajstić information content (AvgIpc) is 2.79. The molecule has 0 N–H and O–H groups in total. The lowest BCUT2D eigenvalue weighted by Crippen LogP contribution is -2.43. The molecule has 7 nitrogen and oxygen atoms in total. The number of aryl methyl sites for hydroxylation is 2. The van der Waals surface area contributed by atoms with Gasteiger partial charge in [-0.25, -0.2) is 14.4 Å². The maximum absolute atomic E-state index is 13.2. The number of morpholine rings is 1. The number of benzene rings is 1. The van der Waals surface area contributed by atoms with Crippen LogP contribution in [0.1, 0.15) is 44.8 Å². The van der Waals surface area contributed by atoms with Crippen molar-refractivity contribution in [3.63, 3.8) is 0 Å². The number of carbonyl (C=O) groups excluding carboxylic acids is 1. The topological polar surface area (TPSA) is 71.5 Å². The van der Waals surface area contributed by atoms with Gasteiger partial charge in [-0.05, 0) is 61.7 Å². The van der Waals surface area contributed by atoms with Gasteiger partial charge < -0.3 is 14.5 Å². The summed E-state index contributed by atoms with van der Waals surface area (Å²) >= 11 is 0. The minimum Gasteiger partial charge on any atom is -0.368 e. The standard InChI is InChI=1S/C25H28FN5O2/c1-16-11-19(13-18-5-7-20(26)8-6-18)14-21(27-16)23-15-31(9-10-33-23)24(32)22-12-17(2)28-25(29-22)30(3)4/h5-8,11-12,14,23H,9-10,13,15H2,1-4H3/t23-/m1/s1. The van der Waals surface area contributed by atoms with Crippen LogP contribution in [0.15, 0.2) is 42.5 Å². The Kier molecular flexibility index (Phi) is 6.65. The van der Waals surface area contributed by atoms with Gasteiger partial charge in [0.15, 0.2) is 0 Å². The Morgan fingerprint density at radius 2 is 1.79 bits per heavy atom. The molecule has 1 aliphatic heterocycles. The molecule has 3 heterocycles. The van der Waals surface area contributed by atoms with Crippen LogP contribution < -0.4 is 4.90 Å². The van der Waals surface area contributed by atoms with Crippen molar-refractivity contribution in [3.05, 3.63) is 82.2 Å². The second kappa shape index (κ2) is 9.62. The Balaban J connectivity index is 1.53. The lowest BCUT2D eigenvalue weighted by Gasteiger charge is -2.33. The molecule has 8 heteroatoms. The van der Waals surface area contributed by atoms with Crippen LogP contribution in [0.3, 0.4) is 0 Å². The Morgan fingerprint density at radius 3 is 2.52 bits per heavy atom. The second-order valence-electron chi connectivity index (χ2n) is 8.54. The molecule has 4 rings (SSSR count). The first-order chi connectivity index (χ1) is 15.8. The summed E-state index contributed by atoms with van der Waals surface area (Å²) in [6.07, 6.45) is 0.338. The monoisotopic (exact) mass is 449 g/mol. The average molecular weight is 450 g/mol. The maximum Gasteiger partial charge on any atom is 0.272 e. The van der Waals surface area contributed by atoms with E-state index in [0.29, 0.717) is 37.8 Å². The van der Waals surface area contributed by atoms with Crippen LogP contribution in [0, 0.1) is 19.7 Å². The molecule has 1 atom stereocenters.